The third-order valence-electron chi connectivity index (χ3n) is 4.07. The molecule has 0 aromatic heterocycles. The third-order valence-corrected chi connectivity index (χ3v) is 4.07. The third kappa shape index (κ3) is 6.95. The normalized spacial score (nSPS) is 10.2. The Hall–Kier alpha value is -3.02. The van der Waals surface area contributed by atoms with Crippen LogP contribution in [0.5, 0.6) is 11.5 Å². The van der Waals surface area contributed by atoms with E-state index >= 15 is 0 Å². The number of para-hydroxylation sites is 2. The molecule has 0 heterocycles. The van der Waals surface area contributed by atoms with Crippen LogP contribution in [0.15, 0.2) is 48.5 Å². The van der Waals surface area contributed by atoms with Crippen molar-refractivity contribution in [3.05, 3.63) is 54.1 Å². The van der Waals surface area contributed by atoms with Crippen LogP contribution in [0.25, 0.3) is 0 Å². The maximum atomic E-state index is 12.1. The van der Waals surface area contributed by atoms with Crippen molar-refractivity contribution in [2.24, 2.45) is 0 Å². The van der Waals surface area contributed by atoms with E-state index in [1.807, 2.05) is 0 Å². The van der Waals surface area contributed by atoms with Crippen molar-refractivity contribution in [1.29, 1.82) is 0 Å². The number of rotatable bonds is 11. The zero-order valence-electron chi connectivity index (χ0n) is 16.4. The van der Waals surface area contributed by atoms with E-state index < -0.39 is 11.9 Å². The van der Waals surface area contributed by atoms with Gasteiger partial charge in [0.2, 0.25) is 0 Å². The van der Waals surface area contributed by atoms with Gasteiger partial charge in [0.05, 0.1) is 25.0 Å². The van der Waals surface area contributed by atoms with Gasteiger partial charge in [0.1, 0.15) is 11.5 Å². The number of ether oxygens (including phenoxy) is 3. The summed E-state index contributed by atoms with van der Waals surface area (Å²) >= 11 is 0. The molecule has 0 atom stereocenters. The van der Waals surface area contributed by atoms with Gasteiger partial charge in [-0.2, -0.15) is 0 Å². The summed E-state index contributed by atoms with van der Waals surface area (Å²) in [6.07, 6.45) is 4.56. The van der Waals surface area contributed by atoms with E-state index in [2.05, 4.69) is 12.2 Å². The first-order valence-corrected chi connectivity index (χ1v) is 9.47. The molecule has 2 rings (SSSR count). The van der Waals surface area contributed by atoms with Crippen molar-refractivity contribution in [1.82, 2.24) is 0 Å². The van der Waals surface area contributed by atoms with Gasteiger partial charge in [0.15, 0.2) is 6.61 Å². The molecule has 0 fully saturated rings. The van der Waals surface area contributed by atoms with Gasteiger partial charge in [-0.3, -0.25) is 4.79 Å². The molecule has 0 bridgehead atoms. The minimum atomic E-state index is -0.565. The zero-order valence-corrected chi connectivity index (χ0v) is 16.4. The number of amides is 1. The lowest BCUT2D eigenvalue weighted by Crippen LogP contribution is -2.21. The lowest BCUT2D eigenvalue weighted by Gasteiger charge is -2.10. The summed E-state index contributed by atoms with van der Waals surface area (Å²) in [5.41, 5.74) is 0.884. The van der Waals surface area contributed by atoms with Crippen molar-refractivity contribution < 1.29 is 23.8 Å². The summed E-state index contributed by atoms with van der Waals surface area (Å²) in [5.74, 6) is 0.240. The second kappa shape index (κ2) is 11.6. The first-order valence-electron chi connectivity index (χ1n) is 9.47. The van der Waals surface area contributed by atoms with Gasteiger partial charge < -0.3 is 19.5 Å². The number of nitrogens with one attached hydrogen (secondary N) is 1. The van der Waals surface area contributed by atoms with Gasteiger partial charge in [0, 0.05) is 0 Å². The van der Waals surface area contributed by atoms with Crippen molar-refractivity contribution in [2.75, 3.05) is 25.6 Å². The molecule has 0 radical (unpaired) electrons. The number of hydrogen-bond acceptors (Lipinski definition) is 5. The fraction of sp³-hybridized carbons (Fsp3) is 0.364. The molecule has 150 valence electrons. The molecule has 0 saturated heterocycles. The first kappa shape index (κ1) is 21.3. The van der Waals surface area contributed by atoms with Gasteiger partial charge in [-0.15, -0.1) is 0 Å². The largest absolute Gasteiger partial charge is 0.495 e. The quantitative estimate of drug-likeness (QED) is 0.457. The lowest BCUT2D eigenvalue weighted by molar-refractivity contribution is -0.119. The van der Waals surface area contributed by atoms with Crippen molar-refractivity contribution >= 4 is 17.6 Å². The van der Waals surface area contributed by atoms with Crippen LogP contribution in [0.2, 0.25) is 0 Å². The second-order valence-corrected chi connectivity index (χ2v) is 6.26. The van der Waals surface area contributed by atoms with Crippen LogP contribution in [0, 0.1) is 0 Å². The predicted octanol–water partition coefficient (Wildman–Crippen LogP) is 4.45. The molecule has 6 heteroatoms. The lowest BCUT2D eigenvalue weighted by atomic mass is 10.2. The Morgan fingerprint density at radius 3 is 2.43 bits per heavy atom. The number of benzene rings is 2. The Balaban J connectivity index is 1.77. The molecule has 2 aromatic rings. The highest BCUT2D eigenvalue weighted by Crippen LogP contribution is 2.22. The Morgan fingerprint density at radius 1 is 0.964 bits per heavy atom. The SMILES string of the molecule is CCCCCCOc1ccc(C(=O)OCC(=O)Nc2ccccc2OC)cc1. The maximum absolute atomic E-state index is 12.1. The van der Waals surface area contributed by atoms with Crippen LogP contribution in [-0.2, 0) is 9.53 Å². The first-order chi connectivity index (χ1) is 13.6. The molecule has 2 aromatic carbocycles. The molecule has 0 spiro atoms. The highest BCUT2D eigenvalue weighted by atomic mass is 16.5. The average Bonchev–Trinajstić information content (AvgIpc) is 2.72. The minimum absolute atomic E-state index is 0.364. The Morgan fingerprint density at radius 2 is 1.71 bits per heavy atom. The van der Waals surface area contributed by atoms with Gasteiger partial charge in [-0.25, -0.2) is 4.79 Å². The highest BCUT2D eigenvalue weighted by molar-refractivity contribution is 5.96. The van der Waals surface area contributed by atoms with E-state index in [1.54, 1.807) is 48.5 Å². The molecular weight excluding hydrogens is 358 g/mol. The van der Waals surface area contributed by atoms with Crippen LogP contribution >= 0.6 is 0 Å². The van der Waals surface area contributed by atoms with Crippen molar-refractivity contribution in [3.8, 4) is 11.5 Å². The van der Waals surface area contributed by atoms with Gasteiger partial charge in [0.25, 0.3) is 5.91 Å². The number of carbonyl (C=O) groups excluding carboxylic acids is 2. The topological polar surface area (TPSA) is 73.9 Å². The molecule has 0 saturated carbocycles. The van der Waals surface area contributed by atoms with Gasteiger partial charge >= 0.3 is 5.97 Å². The molecule has 0 unspecified atom stereocenters. The number of unbranched alkanes of at least 4 members (excludes halogenated alkanes) is 3. The van der Waals surface area contributed by atoms with E-state index in [4.69, 9.17) is 14.2 Å². The summed E-state index contributed by atoms with van der Waals surface area (Å²) in [6, 6.07) is 13.7. The van der Waals surface area contributed by atoms with Crippen LogP contribution < -0.4 is 14.8 Å². The number of carbonyl (C=O) groups is 2. The number of esters is 1. The number of hydrogen-bond donors (Lipinski definition) is 1. The molecule has 1 N–H and O–H groups in total. The summed E-state index contributed by atoms with van der Waals surface area (Å²) in [5, 5.41) is 2.65. The Kier molecular flexibility index (Phi) is 8.85. The second-order valence-electron chi connectivity index (χ2n) is 6.26. The Bertz CT molecular complexity index is 758. The zero-order chi connectivity index (χ0) is 20.2. The fourth-order valence-electron chi connectivity index (χ4n) is 2.55. The maximum Gasteiger partial charge on any atom is 0.338 e. The number of anilines is 1. The number of methoxy groups -OCH3 is 1. The smallest absolute Gasteiger partial charge is 0.338 e. The van der Waals surface area contributed by atoms with E-state index in [9.17, 15) is 9.59 Å². The predicted molar refractivity (Wildman–Crippen MR) is 108 cm³/mol. The average molecular weight is 385 g/mol. The highest BCUT2D eigenvalue weighted by Gasteiger charge is 2.12. The van der Waals surface area contributed by atoms with Gasteiger partial charge in [-0.05, 0) is 42.8 Å². The summed E-state index contributed by atoms with van der Waals surface area (Å²) in [4.78, 5) is 24.1. The van der Waals surface area contributed by atoms with Crippen LogP contribution in [0.3, 0.4) is 0 Å². The standard InChI is InChI=1S/C22H27NO5/c1-3-4-5-8-15-27-18-13-11-17(12-14-18)22(25)28-16-21(24)23-19-9-6-7-10-20(19)26-2/h6-7,9-14H,3-5,8,15-16H2,1-2H3,(H,23,24). The van der Waals surface area contributed by atoms with E-state index in [-0.39, 0.29) is 6.61 Å². The van der Waals surface area contributed by atoms with Crippen LogP contribution in [0.4, 0.5) is 5.69 Å². The summed E-state index contributed by atoms with van der Waals surface area (Å²) in [7, 11) is 1.52. The molecule has 1 amide bonds. The van der Waals surface area contributed by atoms with E-state index in [0.29, 0.717) is 29.4 Å². The summed E-state index contributed by atoms with van der Waals surface area (Å²) in [6.45, 7) is 2.44. The Labute approximate surface area is 165 Å². The molecule has 0 aliphatic carbocycles. The molecule has 0 aliphatic heterocycles. The molecule has 28 heavy (non-hydrogen) atoms. The monoisotopic (exact) mass is 385 g/mol. The molecule has 6 nitrogen and oxygen atoms in total. The molecule has 0 aliphatic rings. The van der Waals surface area contributed by atoms with Crippen LogP contribution in [-0.4, -0.2) is 32.2 Å². The molecular formula is C22H27NO5. The van der Waals surface area contributed by atoms with E-state index in [1.165, 1.54) is 20.0 Å². The fourth-order valence-corrected chi connectivity index (χ4v) is 2.55. The van der Waals surface area contributed by atoms with Crippen LogP contribution in [0.1, 0.15) is 43.0 Å². The van der Waals surface area contributed by atoms with Crippen molar-refractivity contribution in [3.63, 3.8) is 0 Å². The van der Waals surface area contributed by atoms with Gasteiger partial charge in [-0.1, -0.05) is 38.3 Å². The van der Waals surface area contributed by atoms with Crippen molar-refractivity contribution in [2.45, 2.75) is 32.6 Å². The minimum Gasteiger partial charge on any atom is -0.495 e. The van der Waals surface area contributed by atoms with E-state index in [0.717, 1.165) is 12.8 Å². The summed E-state index contributed by atoms with van der Waals surface area (Å²) < 4.78 is 15.9.